The van der Waals surface area contributed by atoms with Gasteiger partial charge in [-0.05, 0) is 25.2 Å². The fourth-order valence-corrected chi connectivity index (χ4v) is 1.47. The van der Waals surface area contributed by atoms with Gasteiger partial charge in [0.1, 0.15) is 5.60 Å². The van der Waals surface area contributed by atoms with Crippen LogP contribution >= 0.6 is 0 Å². The zero-order valence-corrected chi connectivity index (χ0v) is 7.72. The first-order valence-electron chi connectivity index (χ1n) is 4.34. The van der Waals surface area contributed by atoms with Gasteiger partial charge < -0.3 is 5.11 Å². The molecule has 0 aromatic carbocycles. The summed E-state index contributed by atoms with van der Waals surface area (Å²) in [7, 11) is 0. The zero-order chi connectivity index (χ0) is 8.91. The predicted octanol–water partition coefficient (Wildman–Crippen LogP) is 2.20. The van der Waals surface area contributed by atoms with Crippen molar-refractivity contribution >= 4 is 0 Å². The van der Waals surface area contributed by atoms with Gasteiger partial charge in [0.05, 0.1) is 0 Å². The SMILES string of the molecule is C#CC(O)(CC)C(CC)CC. The Morgan fingerprint density at radius 2 is 1.82 bits per heavy atom. The molecule has 1 N–H and O–H groups in total. The van der Waals surface area contributed by atoms with E-state index in [9.17, 15) is 5.11 Å². The van der Waals surface area contributed by atoms with Crippen LogP contribution in [0.15, 0.2) is 0 Å². The molecular formula is C10H18O. The summed E-state index contributed by atoms with van der Waals surface area (Å²) < 4.78 is 0. The topological polar surface area (TPSA) is 20.2 Å². The Labute approximate surface area is 69.8 Å². The summed E-state index contributed by atoms with van der Waals surface area (Å²) in [4.78, 5) is 0. The van der Waals surface area contributed by atoms with Gasteiger partial charge in [0, 0.05) is 0 Å². The van der Waals surface area contributed by atoms with E-state index in [1.165, 1.54) is 0 Å². The molecule has 0 aliphatic heterocycles. The Morgan fingerprint density at radius 1 is 1.36 bits per heavy atom. The van der Waals surface area contributed by atoms with Gasteiger partial charge in [-0.15, -0.1) is 6.42 Å². The maximum Gasteiger partial charge on any atom is 0.127 e. The first-order chi connectivity index (χ1) is 5.14. The highest BCUT2D eigenvalue weighted by Gasteiger charge is 2.29. The molecule has 1 unspecified atom stereocenters. The van der Waals surface area contributed by atoms with E-state index in [2.05, 4.69) is 19.8 Å². The Morgan fingerprint density at radius 3 is 1.91 bits per heavy atom. The van der Waals surface area contributed by atoms with E-state index in [0.717, 1.165) is 12.8 Å². The van der Waals surface area contributed by atoms with Crippen LogP contribution in [0.5, 0.6) is 0 Å². The van der Waals surface area contributed by atoms with Gasteiger partial charge in [-0.3, -0.25) is 0 Å². The lowest BCUT2D eigenvalue weighted by molar-refractivity contribution is 0.0302. The maximum atomic E-state index is 9.85. The van der Waals surface area contributed by atoms with Crippen LogP contribution < -0.4 is 0 Å². The molecule has 0 heterocycles. The standard InChI is InChI=1S/C10H18O/c1-5-9(6-2)10(11,7-3)8-4/h3,9,11H,5-6,8H2,1-2,4H3. The van der Waals surface area contributed by atoms with Crippen LogP contribution in [0.25, 0.3) is 0 Å². The van der Waals surface area contributed by atoms with Crippen LogP contribution in [0, 0.1) is 18.3 Å². The number of aliphatic hydroxyl groups is 1. The molecule has 64 valence electrons. The molecule has 0 amide bonds. The lowest BCUT2D eigenvalue weighted by Gasteiger charge is -2.29. The van der Waals surface area contributed by atoms with Crippen LogP contribution in [0.4, 0.5) is 0 Å². The van der Waals surface area contributed by atoms with E-state index in [-0.39, 0.29) is 5.92 Å². The van der Waals surface area contributed by atoms with Gasteiger partial charge in [0.15, 0.2) is 0 Å². The van der Waals surface area contributed by atoms with Crippen molar-refractivity contribution in [3.05, 3.63) is 0 Å². The molecule has 0 aromatic heterocycles. The van der Waals surface area contributed by atoms with Crippen LogP contribution in [0.1, 0.15) is 40.0 Å². The van der Waals surface area contributed by atoms with Crippen molar-refractivity contribution in [2.24, 2.45) is 5.92 Å². The second-order valence-corrected chi connectivity index (χ2v) is 2.94. The van der Waals surface area contributed by atoms with Crippen molar-refractivity contribution in [1.29, 1.82) is 0 Å². The number of hydrogen-bond acceptors (Lipinski definition) is 1. The molecule has 0 aliphatic rings. The summed E-state index contributed by atoms with van der Waals surface area (Å²) in [6, 6.07) is 0. The maximum absolute atomic E-state index is 9.85. The molecule has 1 heteroatoms. The molecule has 1 nitrogen and oxygen atoms in total. The van der Waals surface area contributed by atoms with Crippen molar-refractivity contribution in [3.8, 4) is 12.3 Å². The monoisotopic (exact) mass is 154 g/mol. The number of hydrogen-bond donors (Lipinski definition) is 1. The van der Waals surface area contributed by atoms with Crippen molar-refractivity contribution < 1.29 is 5.11 Å². The fourth-order valence-electron chi connectivity index (χ4n) is 1.47. The van der Waals surface area contributed by atoms with Crippen LogP contribution in [-0.4, -0.2) is 10.7 Å². The lowest BCUT2D eigenvalue weighted by Crippen LogP contribution is -2.34. The molecule has 1 atom stereocenters. The minimum atomic E-state index is -0.872. The van der Waals surface area contributed by atoms with E-state index in [4.69, 9.17) is 6.42 Å². The average molecular weight is 154 g/mol. The van der Waals surface area contributed by atoms with E-state index in [1.54, 1.807) is 0 Å². The minimum absolute atomic E-state index is 0.248. The van der Waals surface area contributed by atoms with Gasteiger partial charge >= 0.3 is 0 Å². The molecule has 11 heavy (non-hydrogen) atoms. The summed E-state index contributed by atoms with van der Waals surface area (Å²) in [5.74, 6) is 2.73. The second kappa shape index (κ2) is 4.41. The van der Waals surface area contributed by atoms with Crippen molar-refractivity contribution in [1.82, 2.24) is 0 Å². The van der Waals surface area contributed by atoms with Gasteiger partial charge in [0.25, 0.3) is 0 Å². The quantitative estimate of drug-likeness (QED) is 0.615. The average Bonchev–Trinajstić information content (AvgIpc) is 2.06. The molecule has 0 bridgehead atoms. The van der Waals surface area contributed by atoms with E-state index < -0.39 is 5.60 Å². The Balaban J connectivity index is 4.35. The first kappa shape index (κ1) is 10.5. The van der Waals surface area contributed by atoms with Crippen molar-refractivity contribution in [3.63, 3.8) is 0 Å². The second-order valence-electron chi connectivity index (χ2n) is 2.94. The largest absolute Gasteiger partial charge is 0.377 e. The molecule has 0 spiro atoms. The number of terminal acetylenes is 1. The lowest BCUT2D eigenvalue weighted by atomic mass is 9.82. The van der Waals surface area contributed by atoms with E-state index in [1.807, 2.05) is 6.92 Å². The van der Waals surface area contributed by atoms with Crippen molar-refractivity contribution in [2.45, 2.75) is 45.6 Å². The van der Waals surface area contributed by atoms with Gasteiger partial charge in [-0.1, -0.05) is 26.7 Å². The minimum Gasteiger partial charge on any atom is -0.377 e. The fraction of sp³-hybridized carbons (Fsp3) is 0.800. The molecule has 0 radical (unpaired) electrons. The van der Waals surface area contributed by atoms with Crippen LogP contribution in [0.3, 0.4) is 0 Å². The van der Waals surface area contributed by atoms with Crippen molar-refractivity contribution in [2.75, 3.05) is 0 Å². The summed E-state index contributed by atoms with van der Waals surface area (Å²) in [5, 5.41) is 9.85. The molecule has 0 saturated carbocycles. The highest BCUT2D eigenvalue weighted by atomic mass is 16.3. The Kier molecular flexibility index (Phi) is 4.22. The highest BCUT2D eigenvalue weighted by Crippen LogP contribution is 2.26. The third-order valence-electron chi connectivity index (χ3n) is 2.45. The van der Waals surface area contributed by atoms with Crippen LogP contribution in [-0.2, 0) is 0 Å². The highest BCUT2D eigenvalue weighted by molar-refractivity contribution is 5.09. The third kappa shape index (κ3) is 2.24. The zero-order valence-electron chi connectivity index (χ0n) is 7.72. The third-order valence-corrected chi connectivity index (χ3v) is 2.45. The predicted molar refractivity (Wildman–Crippen MR) is 48.1 cm³/mol. The normalized spacial score (nSPS) is 16.0. The van der Waals surface area contributed by atoms with E-state index >= 15 is 0 Å². The molecule has 0 fully saturated rings. The van der Waals surface area contributed by atoms with E-state index in [0.29, 0.717) is 6.42 Å². The van der Waals surface area contributed by atoms with Gasteiger partial charge in [-0.25, -0.2) is 0 Å². The Hall–Kier alpha value is -0.480. The molecular weight excluding hydrogens is 136 g/mol. The molecule has 0 aliphatic carbocycles. The van der Waals surface area contributed by atoms with Gasteiger partial charge in [-0.2, -0.15) is 0 Å². The summed E-state index contributed by atoms with van der Waals surface area (Å²) in [5.41, 5.74) is -0.872. The van der Waals surface area contributed by atoms with Gasteiger partial charge in [0.2, 0.25) is 0 Å². The summed E-state index contributed by atoms with van der Waals surface area (Å²) in [6.07, 6.45) is 7.82. The summed E-state index contributed by atoms with van der Waals surface area (Å²) in [6.45, 7) is 6.05. The smallest absolute Gasteiger partial charge is 0.127 e. The van der Waals surface area contributed by atoms with Crippen LogP contribution in [0.2, 0.25) is 0 Å². The molecule has 0 rings (SSSR count). The summed E-state index contributed by atoms with van der Waals surface area (Å²) >= 11 is 0. The molecule has 0 saturated heterocycles. The molecule has 0 aromatic rings. The Bertz CT molecular complexity index is 141. The first-order valence-corrected chi connectivity index (χ1v) is 4.34. The number of rotatable bonds is 4.